The third-order valence-electron chi connectivity index (χ3n) is 3.57. The maximum Gasteiger partial charge on any atom is 0.129 e. The van der Waals surface area contributed by atoms with Gasteiger partial charge in [0.2, 0.25) is 0 Å². The van der Waals surface area contributed by atoms with E-state index in [9.17, 15) is 0 Å². The minimum atomic E-state index is 0.404. The van der Waals surface area contributed by atoms with Gasteiger partial charge in [-0.3, -0.25) is 0 Å². The van der Waals surface area contributed by atoms with Crippen LogP contribution in [0.1, 0.15) is 18.5 Å². The van der Waals surface area contributed by atoms with Gasteiger partial charge in [-0.1, -0.05) is 11.6 Å². The van der Waals surface area contributed by atoms with Crippen LogP contribution in [0.15, 0.2) is 12.1 Å². The van der Waals surface area contributed by atoms with Crippen LogP contribution in [0, 0.1) is 12.8 Å². The van der Waals surface area contributed by atoms with Gasteiger partial charge in [-0.25, -0.2) is 4.98 Å². The lowest BCUT2D eigenvalue weighted by atomic mass is 10.2. The zero-order valence-electron chi connectivity index (χ0n) is 10.0. The summed E-state index contributed by atoms with van der Waals surface area (Å²) in [5.74, 6) is 1.81. The first-order valence-corrected chi connectivity index (χ1v) is 6.61. The van der Waals surface area contributed by atoms with Crippen LogP contribution >= 0.6 is 11.6 Å². The van der Waals surface area contributed by atoms with Gasteiger partial charge in [0.05, 0.1) is 23.4 Å². The van der Waals surface area contributed by atoms with Crippen molar-refractivity contribution in [2.24, 2.45) is 5.92 Å². The van der Waals surface area contributed by atoms with E-state index in [0.29, 0.717) is 6.10 Å². The summed E-state index contributed by atoms with van der Waals surface area (Å²) < 4.78 is 5.81. The maximum atomic E-state index is 6.00. The molecule has 1 saturated carbocycles. The van der Waals surface area contributed by atoms with E-state index in [-0.39, 0.29) is 0 Å². The van der Waals surface area contributed by atoms with Crippen LogP contribution in [-0.4, -0.2) is 30.8 Å². The first-order valence-electron chi connectivity index (χ1n) is 6.24. The SMILES string of the molecule is Cc1nc(N2CCO[C@H](C3CC3)C2)ccc1Cl. The van der Waals surface area contributed by atoms with E-state index in [2.05, 4.69) is 9.88 Å². The number of pyridine rings is 1. The fraction of sp³-hybridized carbons (Fsp3) is 0.615. The van der Waals surface area contributed by atoms with Crippen molar-refractivity contribution in [1.29, 1.82) is 0 Å². The molecule has 0 bridgehead atoms. The largest absolute Gasteiger partial charge is 0.374 e. The molecule has 3 nitrogen and oxygen atoms in total. The van der Waals surface area contributed by atoms with E-state index in [1.54, 1.807) is 0 Å². The molecule has 0 amide bonds. The second kappa shape index (κ2) is 4.46. The number of rotatable bonds is 2. The van der Waals surface area contributed by atoms with Gasteiger partial charge in [-0.2, -0.15) is 0 Å². The number of aromatic nitrogens is 1. The molecule has 1 aliphatic carbocycles. The summed E-state index contributed by atoms with van der Waals surface area (Å²) >= 11 is 6.00. The Morgan fingerprint density at radius 1 is 1.41 bits per heavy atom. The zero-order chi connectivity index (χ0) is 11.8. The van der Waals surface area contributed by atoms with Crippen molar-refractivity contribution in [3.8, 4) is 0 Å². The lowest BCUT2D eigenvalue weighted by Gasteiger charge is -2.34. The third kappa shape index (κ3) is 2.40. The van der Waals surface area contributed by atoms with Gasteiger partial charge in [-0.05, 0) is 37.8 Å². The number of hydrogen-bond donors (Lipinski definition) is 0. The van der Waals surface area contributed by atoms with E-state index in [1.165, 1.54) is 12.8 Å². The molecule has 4 heteroatoms. The first kappa shape index (κ1) is 11.3. The fourth-order valence-electron chi connectivity index (χ4n) is 2.34. The Balaban J connectivity index is 1.75. The van der Waals surface area contributed by atoms with Gasteiger partial charge in [-0.15, -0.1) is 0 Å². The number of hydrogen-bond acceptors (Lipinski definition) is 3. The normalized spacial score (nSPS) is 25.1. The average molecular weight is 253 g/mol. The monoisotopic (exact) mass is 252 g/mol. The number of nitrogens with zero attached hydrogens (tertiary/aromatic N) is 2. The van der Waals surface area contributed by atoms with Gasteiger partial charge in [0.15, 0.2) is 0 Å². The molecule has 17 heavy (non-hydrogen) atoms. The summed E-state index contributed by atoms with van der Waals surface area (Å²) in [6.45, 7) is 4.66. The highest BCUT2D eigenvalue weighted by atomic mass is 35.5. The van der Waals surface area contributed by atoms with Crippen molar-refractivity contribution in [3.63, 3.8) is 0 Å². The van der Waals surface area contributed by atoms with Gasteiger partial charge in [0.25, 0.3) is 0 Å². The number of anilines is 1. The van der Waals surface area contributed by atoms with E-state index in [1.807, 2.05) is 19.1 Å². The van der Waals surface area contributed by atoms with Crippen LogP contribution < -0.4 is 4.90 Å². The molecule has 1 aromatic rings. The van der Waals surface area contributed by atoms with Crippen molar-refractivity contribution < 1.29 is 4.74 Å². The number of ether oxygens (including phenoxy) is 1. The Morgan fingerprint density at radius 2 is 2.24 bits per heavy atom. The Hall–Kier alpha value is -0.800. The molecule has 0 spiro atoms. The molecule has 3 rings (SSSR count). The molecule has 2 aliphatic rings. The molecule has 0 unspecified atom stereocenters. The van der Waals surface area contributed by atoms with E-state index < -0.39 is 0 Å². The summed E-state index contributed by atoms with van der Waals surface area (Å²) in [4.78, 5) is 6.86. The molecular weight excluding hydrogens is 236 g/mol. The summed E-state index contributed by atoms with van der Waals surface area (Å²) in [7, 11) is 0. The summed E-state index contributed by atoms with van der Waals surface area (Å²) in [6.07, 6.45) is 3.05. The van der Waals surface area contributed by atoms with Crippen molar-refractivity contribution >= 4 is 17.4 Å². The second-order valence-corrected chi connectivity index (χ2v) is 5.34. The van der Waals surface area contributed by atoms with Gasteiger partial charge in [0.1, 0.15) is 5.82 Å². The Morgan fingerprint density at radius 3 is 2.94 bits per heavy atom. The van der Waals surface area contributed by atoms with Gasteiger partial charge >= 0.3 is 0 Å². The summed E-state index contributed by atoms with van der Waals surface area (Å²) in [6, 6.07) is 3.94. The predicted octanol–water partition coefficient (Wildman–Crippen LogP) is 2.66. The highest BCUT2D eigenvalue weighted by molar-refractivity contribution is 6.31. The second-order valence-electron chi connectivity index (χ2n) is 4.93. The van der Waals surface area contributed by atoms with Crippen LogP contribution in [0.5, 0.6) is 0 Å². The van der Waals surface area contributed by atoms with Crippen LogP contribution in [0.2, 0.25) is 5.02 Å². The number of morpholine rings is 1. The van der Waals surface area contributed by atoms with Crippen molar-refractivity contribution in [2.75, 3.05) is 24.6 Å². The van der Waals surface area contributed by atoms with Crippen molar-refractivity contribution in [1.82, 2.24) is 4.98 Å². The van der Waals surface area contributed by atoms with Crippen molar-refractivity contribution in [2.45, 2.75) is 25.9 Å². The number of halogens is 1. The molecule has 1 atom stereocenters. The van der Waals surface area contributed by atoms with E-state index in [0.717, 1.165) is 42.1 Å². The Kier molecular flexibility index (Phi) is 2.97. The Labute approximate surface area is 107 Å². The molecule has 1 aliphatic heterocycles. The van der Waals surface area contributed by atoms with E-state index in [4.69, 9.17) is 16.3 Å². The number of aryl methyl sites for hydroxylation is 1. The third-order valence-corrected chi connectivity index (χ3v) is 3.97. The van der Waals surface area contributed by atoms with Crippen LogP contribution in [-0.2, 0) is 4.74 Å². The molecule has 0 radical (unpaired) electrons. The smallest absolute Gasteiger partial charge is 0.129 e. The van der Waals surface area contributed by atoms with Crippen molar-refractivity contribution in [3.05, 3.63) is 22.8 Å². The van der Waals surface area contributed by atoms with Crippen LogP contribution in [0.25, 0.3) is 0 Å². The van der Waals surface area contributed by atoms with Gasteiger partial charge in [0, 0.05) is 13.1 Å². The lowest BCUT2D eigenvalue weighted by Crippen LogP contribution is -2.43. The average Bonchev–Trinajstić information content (AvgIpc) is 3.17. The summed E-state index contributed by atoms with van der Waals surface area (Å²) in [5.41, 5.74) is 0.902. The Bertz CT molecular complexity index is 420. The van der Waals surface area contributed by atoms with Gasteiger partial charge < -0.3 is 9.64 Å². The molecule has 0 N–H and O–H groups in total. The summed E-state index contributed by atoms with van der Waals surface area (Å²) in [5, 5.41) is 0.737. The maximum absolute atomic E-state index is 6.00. The first-order chi connectivity index (χ1) is 8.24. The molecule has 1 aromatic heterocycles. The van der Waals surface area contributed by atoms with E-state index >= 15 is 0 Å². The molecule has 2 fully saturated rings. The van der Waals surface area contributed by atoms with Crippen LogP contribution in [0.3, 0.4) is 0 Å². The lowest BCUT2D eigenvalue weighted by molar-refractivity contribution is 0.0261. The molecule has 1 saturated heterocycles. The standard InChI is InChI=1S/C13H17ClN2O/c1-9-11(14)4-5-13(15-9)16-6-7-17-12(8-16)10-2-3-10/h4-5,10,12H,2-3,6-8H2,1H3/t12-/m0/s1. The van der Waals surface area contributed by atoms with Crippen LogP contribution in [0.4, 0.5) is 5.82 Å². The quantitative estimate of drug-likeness (QED) is 0.809. The zero-order valence-corrected chi connectivity index (χ0v) is 10.8. The predicted molar refractivity (Wildman–Crippen MR) is 68.7 cm³/mol. The highest BCUT2D eigenvalue weighted by Gasteiger charge is 2.35. The molecule has 92 valence electrons. The highest BCUT2D eigenvalue weighted by Crippen LogP contribution is 2.36. The molecule has 0 aromatic carbocycles. The topological polar surface area (TPSA) is 25.4 Å². The minimum Gasteiger partial charge on any atom is -0.374 e. The molecular formula is C13H17ClN2O. The molecule has 2 heterocycles. The fourth-order valence-corrected chi connectivity index (χ4v) is 2.45. The minimum absolute atomic E-state index is 0.404.